The summed E-state index contributed by atoms with van der Waals surface area (Å²) >= 11 is 0. The number of ether oxygens (including phenoxy) is 2. The van der Waals surface area contributed by atoms with Gasteiger partial charge in [-0.15, -0.1) is 0 Å². The molecule has 5 atom stereocenters. The number of aryl methyl sites for hydroxylation is 1. The molecular formula is C42H55N5O8S. The van der Waals surface area contributed by atoms with E-state index in [2.05, 4.69) is 15.4 Å². The van der Waals surface area contributed by atoms with E-state index >= 15 is 0 Å². The number of rotatable bonds is 7. The highest BCUT2D eigenvalue weighted by Gasteiger charge is 2.63. The van der Waals surface area contributed by atoms with Crippen LogP contribution in [0.3, 0.4) is 0 Å². The second kappa shape index (κ2) is 15.5. The Balaban J connectivity index is 1.21. The first-order valence-electron chi connectivity index (χ1n) is 20.2. The molecule has 2 aromatic rings. The van der Waals surface area contributed by atoms with Crippen LogP contribution < -0.4 is 20.1 Å². The largest absolute Gasteiger partial charge is 0.488 e. The van der Waals surface area contributed by atoms with Gasteiger partial charge in [0.15, 0.2) is 0 Å². The van der Waals surface area contributed by atoms with E-state index in [1.807, 2.05) is 48.6 Å². The van der Waals surface area contributed by atoms with Crippen LogP contribution in [-0.4, -0.2) is 82.7 Å². The number of sulfonamides is 1. The molecule has 0 radical (unpaired) electrons. The van der Waals surface area contributed by atoms with Crippen molar-refractivity contribution in [1.29, 1.82) is 0 Å². The Morgan fingerprint density at radius 1 is 1.02 bits per heavy atom. The number of carbonyl (C=O) groups is 4. The summed E-state index contributed by atoms with van der Waals surface area (Å²) in [5.41, 5.74) is 1.44. The highest BCUT2D eigenvalue weighted by atomic mass is 32.2. The second-order valence-electron chi connectivity index (χ2n) is 17.4. The molecule has 3 heterocycles. The molecule has 0 bridgehead atoms. The molecule has 1 aromatic carbocycles. The topological polar surface area (TPSA) is 173 Å². The normalized spacial score (nSPS) is 27.6. The third-order valence-corrected chi connectivity index (χ3v) is 13.9. The molecule has 7 rings (SSSR count). The van der Waals surface area contributed by atoms with Crippen LogP contribution in [0.1, 0.15) is 110 Å². The maximum Gasteiger partial charge on any atom is 0.408 e. The number of carbonyl (C=O) groups excluding carboxylic acids is 4. The zero-order valence-electron chi connectivity index (χ0n) is 32.9. The van der Waals surface area contributed by atoms with E-state index in [1.165, 1.54) is 4.90 Å². The van der Waals surface area contributed by atoms with Gasteiger partial charge in [0.2, 0.25) is 21.8 Å². The molecule has 302 valence electrons. The monoisotopic (exact) mass is 789 g/mol. The number of aromatic nitrogens is 1. The predicted molar refractivity (Wildman–Crippen MR) is 210 cm³/mol. The fourth-order valence-corrected chi connectivity index (χ4v) is 9.42. The van der Waals surface area contributed by atoms with E-state index in [0.29, 0.717) is 37.9 Å². The van der Waals surface area contributed by atoms with Crippen molar-refractivity contribution < 1.29 is 37.1 Å². The molecule has 5 aliphatic rings. The SMILES string of the molecule is CC(C)(C)OC(=O)NC1CCCCCC=CC2CC2(C(=O)NS(=O)(=O)C2(C)CC2)NC(=O)C2CC(Oc3cc(-c4ccccc4)nc4c3CCCC4)CN2C1=O. The van der Waals surface area contributed by atoms with E-state index in [-0.39, 0.29) is 19.4 Å². The first-order valence-corrected chi connectivity index (χ1v) is 21.7. The molecule has 2 saturated carbocycles. The van der Waals surface area contributed by atoms with Crippen molar-refractivity contribution in [1.82, 2.24) is 25.2 Å². The quantitative estimate of drug-likeness (QED) is 0.317. The highest BCUT2D eigenvalue weighted by Crippen LogP contribution is 2.47. The summed E-state index contributed by atoms with van der Waals surface area (Å²) in [4.78, 5) is 62.6. The van der Waals surface area contributed by atoms with E-state index in [0.717, 1.165) is 61.0 Å². The minimum atomic E-state index is -3.98. The predicted octanol–water partition coefficient (Wildman–Crippen LogP) is 5.26. The summed E-state index contributed by atoms with van der Waals surface area (Å²) in [6.45, 7) is 6.89. The van der Waals surface area contributed by atoms with Crippen molar-refractivity contribution in [3.8, 4) is 17.0 Å². The minimum absolute atomic E-state index is 0.0520. The smallest absolute Gasteiger partial charge is 0.408 e. The van der Waals surface area contributed by atoms with E-state index in [9.17, 15) is 27.6 Å². The van der Waals surface area contributed by atoms with Crippen molar-refractivity contribution in [2.24, 2.45) is 5.92 Å². The van der Waals surface area contributed by atoms with Crippen molar-refractivity contribution in [3.05, 3.63) is 59.8 Å². The number of pyridine rings is 1. The molecule has 56 heavy (non-hydrogen) atoms. The van der Waals surface area contributed by atoms with Gasteiger partial charge in [-0.3, -0.25) is 24.1 Å². The summed E-state index contributed by atoms with van der Waals surface area (Å²) in [6, 6.07) is 9.75. The lowest BCUT2D eigenvalue weighted by Crippen LogP contribution is -2.58. The molecule has 3 fully saturated rings. The number of amides is 4. The maximum atomic E-state index is 14.6. The van der Waals surface area contributed by atoms with Gasteiger partial charge in [0.25, 0.3) is 5.91 Å². The van der Waals surface area contributed by atoms with Crippen LogP contribution in [0.25, 0.3) is 11.3 Å². The van der Waals surface area contributed by atoms with Gasteiger partial charge in [0.1, 0.15) is 35.1 Å². The Bertz CT molecular complexity index is 1990. The van der Waals surface area contributed by atoms with Gasteiger partial charge in [0.05, 0.1) is 17.0 Å². The molecule has 5 unspecified atom stereocenters. The van der Waals surface area contributed by atoms with Gasteiger partial charge >= 0.3 is 6.09 Å². The molecule has 2 aliphatic heterocycles. The zero-order chi connectivity index (χ0) is 39.9. The fourth-order valence-electron chi connectivity index (χ4n) is 8.10. The molecule has 0 spiro atoms. The maximum absolute atomic E-state index is 14.6. The number of benzene rings is 1. The van der Waals surface area contributed by atoms with E-state index in [4.69, 9.17) is 14.5 Å². The van der Waals surface area contributed by atoms with Crippen LogP contribution >= 0.6 is 0 Å². The Kier molecular flexibility index (Phi) is 11.0. The van der Waals surface area contributed by atoms with E-state index in [1.54, 1.807) is 27.7 Å². The Hall–Kier alpha value is -4.46. The lowest BCUT2D eigenvalue weighted by molar-refractivity contribution is -0.141. The summed E-state index contributed by atoms with van der Waals surface area (Å²) in [5, 5.41) is 5.72. The number of hydrogen-bond acceptors (Lipinski definition) is 9. The van der Waals surface area contributed by atoms with Gasteiger partial charge in [-0.1, -0.05) is 55.3 Å². The Morgan fingerprint density at radius 2 is 1.77 bits per heavy atom. The van der Waals surface area contributed by atoms with E-state index < -0.39 is 73.8 Å². The highest BCUT2D eigenvalue weighted by molar-refractivity contribution is 7.91. The molecule has 13 nitrogen and oxygen atoms in total. The molecule has 1 aromatic heterocycles. The van der Waals surface area contributed by atoms with Crippen molar-refractivity contribution in [2.75, 3.05) is 6.54 Å². The first kappa shape index (κ1) is 39.8. The lowest BCUT2D eigenvalue weighted by atomic mass is 9.94. The van der Waals surface area contributed by atoms with Crippen LogP contribution in [0.5, 0.6) is 5.75 Å². The van der Waals surface area contributed by atoms with Crippen LogP contribution in [0.15, 0.2) is 48.6 Å². The van der Waals surface area contributed by atoms with Crippen molar-refractivity contribution >= 4 is 33.8 Å². The van der Waals surface area contributed by atoms with Crippen molar-refractivity contribution in [3.63, 3.8) is 0 Å². The average Bonchev–Trinajstić information content (AvgIpc) is 4.03. The van der Waals surface area contributed by atoms with Crippen molar-refractivity contribution in [2.45, 2.75) is 145 Å². The van der Waals surface area contributed by atoms with Crippen LogP contribution in [0, 0.1) is 5.92 Å². The summed E-state index contributed by atoms with van der Waals surface area (Å²) in [5.74, 6) is -1.56. The number of alkyl carbamates (subject to hydrolysis) is 1. The molecule has 3 aliphatic carbocycles. The molecule has 14 heteroatoms. The number of hydrogen-bond donors (Lipinski definition) is 3. The fraction of sp³-hybridized carbons (Fsp3) is 0.595. The van der Waals surface area contributed by atoms with Gasteiger partial charge in [0, 0.05) is 35.2 Å². The molecule has 1 saturated heterocycles. The minimum Gasteiger partial charge on any atom is -0.488 e. The van der Waals surface area contributed by atoms with Crippen LogP contribution in [0.4, 0.5) is 4.79 Å². The number of allylic oxidation sites excluding steroid dienone is 1. The molecular weight excluding hydrogens is 735 g/mol. The third kappa shape index (κ3) is 8.59. The van der Waals surface area contributed by atoms with Crippen LogP contribution in [-0.2, 0) is 42.0 Å². The van der Waals surface area contributed by atoms with Gasteiger partial charge in [-0.25, -0.2) is 13.2 Å². The molecule has 4 amide bonds. The first-order chi connectivity index (χ1) is 26.6. The molecule has 3 N–H and O–H groups in total. The number of nitrogens with one attached hydrogen (secondary N) is 3. The average molecular weight is 790 g/mol. The van der Waals surface area contributed by atoms with Gasteiger partial charge in [-0.2, -0.15) is 0 Å². The second-order valence-corrected chi connectivity index (χ2v) is 19.6. The summed E-state index contributed by atoms with van der Waals surface area (Å²) in [6.07, 6.45) is 10.6. The Morgan fingerprint density at radius 3 is 2.50 bits per heavy atom. The third-order valence-electron chi connectivity index (χ3n) is 11.8. The van der Waals surface area contributed by atoms with Gasteiger partial charge < -0.3 is 25.0 Å². The zero-order valence-corrected chi connectivity index (χ0v) is 33.7. The standard InChI is InChI=1S/C42H55N5O8S/c1-40(2,3)55-39(51)44-32-20-12-7-5-6-11-17-28-25-42(28,38(50)46-56(52,53)41(4)21-22-41)45-36(48)34-23-29(26-47(34)37(32)49)54-35-24-33(27-15-9-8-10-16-27)43-31-19-14-13-18-30(31)35/h8-11,15-17,24,28-29,32,34H,5-7,12-14,18-23,25-26H2,1-4H3,(H,44,51)(H,45,48)(H,46,50). The summed E-state index contributed by atoms with van der Waals surface area (Å²) < 4.78 is 40.0. The lowest BCUT2D eigenvalue weighted by Gasteiger charge is -2.30. The summed E-state index contributed by atoms with van der Waals surface area (Å²) in [7, 11) is -3.98. The Labute approximate surface area is 329 Å². The number of fused-ring (bicyclic) bond motifs is 3. The van der Waals surface area contributed by atoms with Gasteiger partial charge in [-0.05, 0) is 91.9 Å². The van der Waals surface area contributed by atoms with Crippen LogP contribution in [0.2, 0.25) is 0 Å². The number of nitrogens with zero attached hydrogens (tertiary/aromatic N) is 2.